The Balaban J connectivity index is 0.000000565. The highest BCUT2D eigenvalue weighted by Crippen LogP contribution is 2.49. The quantitative estimate of drug-likeness (QED) is 0.727. The van der Waals surface area contributed by atoms with E-state index in [-0.39, 0.29) is 5.54 Å². The summed E-state index contributed by atoms with van der Waals surface area (Å²) in [7, 11) is 3.90. The van der Waals surface area contributed by atoms with Gasteiger partial charge in [0.2, 0.25) is 5.95 Å². The van der Waals surface area contributed by atoms with Crippen LogP contribution in [0.15, 0.2) is 18.7 Å². The second kappa shape index (κ2) is 6.80. The van der Waals surface area contributed by atoms with Crippen molar-refractivity contribution in [1.29, 1.82) is 0 Å². The lowest BCUT2D eigenvalue weighted by Crippen LogP contribution is -2.54. The fraction of sp³-hybridized carbons (Fsp3) is 0.556. The van der Waals surface area contributed by atoms with Crippen molar-refractivity contribution in [2.75, 3.05) is 30.9 Å². The van der Waals surface area contributed by atoms with Gasteiger partial charge < -0.3 is 15.0 Å². The summed E-state index contributed by atoms with van der Waals surface area (Å²) in [5.74, 6) is 0.572. The number of likely N-dealkylation sites (N-methyl/N-ethyl adjacent to an activating group) is 1. The van der Waals surface area contributed by atoms with Crippen molar-refractivity contribution in [1.82, 2.24) is 29.8 Å². The molecule has 9 nitrogen and oxygen atoms in total. The minimum atomic E-state index is 0.0262. The van der Waals surface area contributed by atoms with Gasteiger partial charge in [0.1, 0.15) is 17.7 Å². The van der Waals surface area contributed by atoms with Gasteiger partial charge in [-0.1, -0.05) is 20.3 Å². The lowest BCUT2D eigenvalue weighted by atomic mass is 9.76. The Bertz CT molecular complexity index is 907. The second-order valence-corrected chi connectivity index (χ2v) is 7.21. The van der Waals surface area contributed by atoms with Crippen molar-refractivity contribution in [3.8, 4) is 11.3 Å². The van der Waals surface area contributed by atoms with Crippen LogP contribution in [0.2, 0.25) is 0 Å². The SMILES string of the molecule is CCC.CNc1nc2c(N(C)C34COC(C3)C4)c(-c3cn[nH]c3)ncn2n1. The monoisotopic (exact) mass is 370 g/mol. The van der Waals surface area contributed by atoms with Crippen LogP contribution in [0.5, 0.6) is 0 Å². The van der Waals surface area contributed by atoms with Gasteiger partial charge in [-0.25, -0.2) is 4.98 Å². The third-order valence-corrected chi connectivity index (χ3v) is 5.21. The number of aromatic amines is 1. The summed E-state index contributed by atoms with van der Waals surface area (Å²) in [5.41, 5.74) is 3.53. The van der Waals surface area contributed by atoms with E-state index < -0.39 is 0 Å². The van der Waals surface area contributed by atoms with Crippen LogP contribution in [0.3, 0.4) is 0 Å². The van der Waals surface area contributed by atoms with Crippen LogP contribution >= 0.6 is 0 Å². The smallest absolute Gasteiger partial charge is 0.242 e. The normalized spacial score (nSPS) is 22.9. The molecular formula is C18H26N8O. The molecule has 2 bridgehead atoms. The molecule has 27 heavy (non-hydrogen) atoms. The van der Waals surface area contributed by atoms with Crippen molar-refractivity contribution >= 4 is 17.3 Å². The van der Waals surface area contributed by atoms with Crippen LogP contribution in [0.25, 0.3) is 16.9 Å². The van der Waals surface area contributed by atoms with Crippen LogP contribution in [0.1, 0.15) is 33.1 Å². The molecule has 2 saturated heterocycles. The molecule has 0 unspecified atom stereocenters. The number of nitrogens with one attached hydrogen (secondary N) is 2. The van der Waals surface area contributed by atoms with Gasteiger partial charge in [-0.05, 0) is 12.8 Å². The molecule has 2 aliphatic heterocycles. The Morgan fingerprint density at radius 3 is 2.78 bits per heavy atom. The Morgan fingerprint density at radius 2 is 2.19 bits per heavy atom. The molecule has 3 fully saturated rings. The summed E-state index contributed by atoms with van der Waals surface area (Å²) >= 11 is 0. The maximum absolute atomic E-state index is 5.81. The Morgan fingerprint density at radius 1 is 1.41 bits per heavy atom. The Kier molecular flexibility index (Phi) is 4.47. The van der Waals surface area contributed by atoms with Gasteiger partial charge in [0.05, 0.1) is 24.4 Å². The number of rotatable bonds is 4. The minimum absolute atomic E-state index is 0.0262. The first-order chi connectivity index (χ1) is 13.1. The van der Waals surface area contributed by atoms with E-state index >= 15 is 0 Å². The van der Waals surface area contributed by atoms with E-state index in [0.717, 1.165) is 42.0 Å². The minimum Gasteiger partial charge on any atom is -0.376 e. The van der Waals surface area contributed by atoms with Gasteiger partial charge in [0.15, 0.2) is 5.65 Å². The molecule has 2 N–H and O–H groups in total. The highest BCUT2D eigenvalue weighted by atomic mass is 16.5. The fourth-order valence-corrected chi connectivity index (χ4v) is 3.76. The van der Waals surface area contributed by atoms with Gasteiger partial charge in [-0.15, -0.1) is 5.10 Å². The first-order valence-electron chi connectivity index (χ1n) is 9.39. The summed E-state index contributed by atoms with van der Waals surface area (Å²) in [4.78, 5) is 11.5. The van der Waals surface area contributed by atoms with Crippen molar-refractivity contribution in [3.05, 3.63) is 18.7 Å². The number of anilines is 2. The van der Waals surface area contributed by atoms with Crippen LogP contribution in [-0.2, 0) is 4.74 Å². The highest BCUT2D eigenvalue weighted by Gasteiger charge is 2.55. The highest BCUT2D eigenvalue weighted by molar-refractivity contribution is 5.85. The zero-order valence-corrected chi connectivity index (χ0v) is 16.2. The molecule has 3 aliphatic rings. The molecule has 9 heteroatoms. The molecule has 144 valence electrons. The van der Waals surface area contributed by atoms with Crippen LogP contribution < -0.4 is 10.2 Å². The lowest BCUT2D eigenvalue weighted by Gasteiger charge is -2.44. The lowest BCUT2D eigenvalue weighted by molar-refractivity contribution is 0.123. The van der Waals surface area contributed by atoms with Gasteiger partial charge in [0.25, 0.3) is 0 Å². The Hall–Kier alpha value is -2.68. The van der Waals surface area contributed by atoms with Crippen molar-refractivity contribution in [2.45, 2.75) is 44.8 Å². The van der Waals surface area contributed by atoms with E-state index in [4.69, 9.17) is 4.74 Å². The average molecular weight is 370 g/mol. The number of ether oxygens (including phenoxy) is 1. The molecule has 6 rings (SSSR count). The third-order valence-electron chi connectivity index (χ3n) is 5.21. The number of hydrogen-bond donors (Lipinski definition) is 2. The third kappa shape index (κ3) is 2.82. The van der Waals surface area contributed by atoms with E-state index in [9.17, 15) is 0 Å². The van der Waals surface area contributed by atoms with Gasteiger partial charge in [-0.2, -0.15) is 14.6 Å². The summed E-state index contributed by atoms with van der Waals surface area (Å²) in [6.45, 7) is 4.99. The molecule has 1 aliphatic carbocycles. The predicted molar refractivity (Wildman–Crippen MR) is 104 cm³/mol. The van der Waals surface area contributed by atoms with Crippen molar-refractivity contribution in [2.24, 2.45) is 0 Å². The molecule has 0 amide bonds. The maximum atomic E-state index is 5.81. The summed E-state index contributed by atoms with van der Waals surface area (Å²) < 4.78 is 7.52. The van der Waals surface area contributed by atoms with Crippen LogP contribution in [0, 0.1) is 0 Å². The number of aromatic nitrogens is 6. The Labute approximate surface area is 158 Å². The second-order valence-electron chi connectivity index (χ2n) is 7.21. The molecule has 3 aromatic rings. The van der Waals surface area contributed by atoms with Crippen LogP contribution in [-0.4, -0.2) is 62.1 Å². The molecular weight excluding hydrogens is 344 g/mol. The maximum Gasteiger partial charge on any atom is 0.242 e. The van der Waals surface area contributed by atoms with Gasteiger partial charge >= 0.3 is 0 Å². The van der Waals surface area contributed by atoms with Gasteiger partial charge in [0, 0.05) is 25.9 Å². The molecule has 3 aromatic heterocycles. The topological polar surface area (TPSA) is 96.3 Å². The molecule has 1 saturated carbocycles. The number of H-pyrrole nitrogens is 1. The van der Waals surface area contributed by atoms with Crippen LogP contribution in [0.4, 0.5) is 11.6 Å². The number of fused-ring (bicyclic) bond motifs is 2. The molecule has 0 atom stereocenters. The standard InChI is InChI=1S/C15H18N8O.C3H8/c1-16-14-20-13-12(22(2)15-3-10(4-15)24-7-15)11(9-5-18-19-6-9)17-8-23(13)21-14;1-3-2/h5-6,8,10H,3-4,7H2,1-2H3,(H,16,21)(H,18,19);3H2,1-2H3. The van der Waals surface area contributed by atoms with E-state index in [2.05, 4.69) is 56.4 Å². The molecule has 0 radical (unpaired) electrons. The largest absolute Gasteiger partial charge is 0.376 e. The van der Waals surface area contributed by atoms with Gasteiger partial charge in [-0.3, -0.25) is 5.10 Å². The van der Waals surface area contributed by atoms with E-state index in [1.165, 1.54) is 6.42 Å². The molecule has 0 spiro atoms. The van der Waals surface area contributed by atoms with Crippen molar-refractivity contribution in [3.63, 3.8) is 0 Å². The fourth-order valence-electron chi connectivity index (χ4n) is 3.76. The summed E-state index contributed by atoms with van der Waals surface area (Å²) in [6.07, 6.45) is 9.04. The predicted octanol–water partition coefficient (Wildman–Crippen LogP) is 2.34. The summed E-state index contributed by atoms with van der Waals surface area (Å²) in [5, 5.41) is 14.3. The first-order valence-corrected chi connectivity index (χ1v) is 9.39. The van der Waals surface area contributed by atoms with Crippen molar-refractivity contribution < 1.29 is 4.74 Å². The number of nitrogens with zero attached hydrogens (tertiary/aromatic N) is 6. The van der Waals surface area contributed by atoms with E-state index in [1.807, 2.05) is 13.2 Å². The van der Waals surface area contributed by atoms with E-state index in [1.54, 1.807) is 17.0 Å². The first kappa shape index (κ1) is 17.7. The molecule has 5 heterocycles. The van der Waals surface area contributed by atoms with E-state index in [0.29, 0.717) is 12.1 Å². The average Bonchev–Trinajstić information content (AvgIpc) is 3.43. The molecule has 0 aromatic carbocycles. The zero-order valence-electron chi connectivity index (χ0n) is 16.2. The summed E-state index contributed by atoms with van der Waals surface area (Å²) in [6, 6.07) is 0. The number of hydrogen-bond acceptors (Lipinski definition) is 7. The zero-order chi connectivity index (χ0) is 19.0.